The van der Waals surface area contributed by atoms with E-state index < -0.39 is 5.82 Å². The van der Waals surface area contributed by atoms with Crippen LogP contribution in [0.1, 0.15) is 5.82 Å². The van der Waals surface area contributed by atoms with Crippen LogP contribution in [-0.2, 0) is 6.61 Å². The summed E-state index contributed by atoms with van der Waals surface area (Å²) in [7, 11) is 0. The first-order chi connectivity index (χ1) is 9.60. The molecule has 0 bridgehead atoms. The van der Waals surface area contributed by atoms with Gasteiger partial charge in [-0.1, -0.05) is 11.6 Å². The van der Waals surface area contributed by atoms with Crippen molar-refractivity contribution < 1.29 is 9.50 Å². The van der Waals surface area contributed by atoms with E-state index in [-0.39, 0.29) is 12.3 Å². The van der Waals surface area contributed by atoms with E-state index in [2.05, 4.69) is 4.98 Å². The van der Waals surface area contributed by atoms with Gasteiger partial charge in [0.2, 0.25) is 0 Å². The van der Waals surface area contributed by atoms with Crippen molar-refractivity contribution in [2.24, 2.45) is 0 Å². The molecule has 6 heteroatoms. The number of nitrogens with two attached hydrogens (primary N) is 1. The molecule has 0 aliphatic heterocycles. The summed E-state index contributed by atoms with van der Waals surface area (Å²) in [4.78, 5) is 4.27. The normalized spacial score (nSPS) is 11.2. The Labute approximate surface area is 119 Å². The second kappa shape index (κ2) is 4.77. The zero-order valence-electron chi connectivity index (χ0n) is 10.3. The number of hydrogen-bond acceptors (Lipinski definition) is 3. The van der Waals surface area contributed by atoms with Crippen molar-refractivity contribution in [2.75, 3.05) is 5.73 Å². The zero-order valence-corrected chi connectivity index (χ0v) is 11.1. The largest absolute Gasteiger partial charge is 0.399 e. The minimum atomic E-state index is -0.483. The Balaban J connectivity index is 2.34. The minimum absolute atomic E-state index is 0.283. The number of benzene rings is 2. The van der Waals surface area contributed by atoms with Crippen LogP contribution in [0.25, 0.3) is 16.7 Å². The quantitative estimate of drug-likeness (QED) is 0.714. The maximum Gasteiger partial charge on any atom is 0.148 e. The SMILES string of the molecule is Nc1ccc2c(c1)nc(CO)n2-c1ccc(Cl)cc1F. The molecule has 0 spiro atoms. The number of halogens is 2. The minimum Gasteiger partial charge on any atom is -0.399 e. The molecule has 0 aliphatic carbocycles. The van der Waals surface area contributed by atoms with Gasteiger partial charge in [0.1, 0.15) is 18.2 Å². The van der Waals surface area contributed by atoms with Gasteiger partial charge in [0, 0.05) is 10.7 Å². The van der Waals surface area contributed by atoms with Crippen molar-refractivity contribution in [3.63, 3.8) is 0 Å². The summed E-state index contributed by atoms with van der Waals surface area (Å²) in [6, 6.07) is 9.49. The first-order valence-corrected chi connectivity index (χ1v) is 6.31. The van der Waals surface area contributed by atoms with Gasteiger partial charge in [-0.3, -0.25) is 4.57 Å². The van der Waals surface area contributed by atoms with Crippen LogP contribution in [-0.4, -0.2) is 14.7 Å². The molecule has 3 N–H and O–H groups in total. The number of aliphatic hydroxyl groups excluding tert-OH is 1. The smallest absolute Gasteiger partial charge is 0.148 e. The van der Waals surface area contributed by atoms with Crippen molar-refractivity contribution in [1.82, 2.24) is 9.55 Å². The van der Waals surface area contributed by atoms with E-state index in [1.807, 2.05) is 0 Å². The predicted octanol–water partition coefficient (Wildman–Crippen LogP) is 2.89. The topological polar surface area (TPSA) is 64.1 Å². The molecule has 0 atom stereocenters. The highest BCUT2D eigenvalue weighted by atomic mass is 35.5. The van der Waals surface area contributed by atoms with Gasteiger partial charge in [0.25, 0.3) is 0 Å². The summed E-state index contributed by atoms with van der Waals surface area (Å²) < 4.78 is 15.7. The number of hydrogen-bond donors (Lipinski definition) is 2. The molecule has 20 heavy (non-hydrogen) atoms. The summed E-state index contributed by atoms with van der Waals surface area (Å²) in [5, 5.41) is 9.74. The van der Waals surface area contributed by atoms with Crippen molar-refractivity contribution in [3.05, 3.63) is 53.1 Å². The Kier molecular flexibility index (Phi) is 3.08. The maximum atomic E-state index is 14.1. The van der Waals surface area contributed by atoms with Gasteiger partial charge in [0.05, 0.1) is 16.7 Å². The molecule has 0 unspecified atom stereocenters. The van der Waals surface area contributed by atoms with Crippen LogP contribution >= 0.6 is 11.6 Å². The first kappa shape index (κ1) is 12.9. The Bertz CT molecular complexity index is 800. The Hall–Kier alpha value is -2.11. The highest BCUT2D eigenvalue weighted by Gasteiger charge is 2.15. The number of imidazole rings is 1. The maximum absolute atomic E-state index is 14.1. The second-order valence-corrected chi connectivity index (χ2v) is 4.80. The van der Waals surface area contributed by atoms with Crippen LogP contribution in [0, 0.1) is 5.82 Å². The molecule has 0 aliphatic rings. The number of fused-ring (bicyclic) bond motifs is 1. The van der Waals surface area contributed by atoms with Crippen LogP contribution in [0.3, 0.4) is 0 Å². The molecule has 4 nitrogen and oxygen atoms in total. The van der Waals surface area contributed by atoms with Gasteiger partial charge in [-0.2, -0.15) is 0 Å². The highest BCUT2D eigenvalue weighted by Crippen LogP contribution is 2.26. The molecule has 1 aromatic heterocycles. The van der Waals surface area contributed by atoms with Crippen molar-refractivity contribution in [2.45, 2.75) is 6.61 Å². The van der Waals surface area contributed by atoms with Gasteiger partial charge in [-0.05, 0) is 36.4 Å². The third-order valence-corrected chi connectivity index (χ3v) is 3.28. The van der Waals surface area contributed by atoms with Crippen LogP contribution in [0.15, 0.2) is 36.4 Å². The molecular weight excluding hydrogens is 281 g/mol. The molecule has 0 saturated heterocycles. The number of nitrogens with zero attached hydrogens (tertiary/aromatic N) is 2. The third-order valence-electron chi connectivity index (χ3n) is 3.04. The molecule has 3 rings (SSSR count). The molecule has 0 fully saturated rings. The lowest BCUT2D eigenvalue weighted by Crippen LogP contribution is -2.03. The van der Waals surface area contributed by atoms with Gasteiger partial charge in [-0.15, -0.1) is 0 Å². The lowest BCUT2D eigenvalue weighted by atomic mass is 10.2. The average Bonchev–Trinajstić information content (AvgIpc) is 2.76. The van der Waals surface area contributed by atoms with E-state index in [9.17, 15) is 9.50 Å². The summed E-state index contributed by atoms with van der Waals surface area (Å²) in [5.41, 5.74) is 7.82. The molecule has 0 radical (unpaired) electrons. The van der Waals surface area contributed by atoms with E-state index in [0.717, 1.165) is 0 Å². The fourth-order valence-corrected chi connectivity index (χ4v) is 2.34. The van der Waals surface area contributed by atoms with Gasteiger partial charge < -0.3 is 10.8 Å². The van der Waals surface area contributed by atoms with Gasteiger partial charge in [-0.25, -0.2) is 9.37 Å². The molecular formula is C14H11ClFN3O. The Morgan fingerprint density at radius 3 is 2.75 bits per heavy atom. The van der Waals surface area contributed by atoms with Crippen LogP contribution < -0.4 is 5.73 Å². The average molecular weight is 292 g/mol. The van der Waals surface area contributed by atoms with Crippen molar-refractivity contribution >= 4 is 28.3 Å². The lowest BCUT2D eigenvalue weighted by molar-refractivity contribution is 0.270. The molecule has 3 aromatic rings. The van der Waals surface area contributed by atoms with Gasteiger partial charge in [0.15, 0.2) is 0 Å². The monoisotopic (exact) mass is 291 g/mol. The van der Waals surface area contributed by atoms with Crippen molar-refractivity contribution in [3.8, 4) is 5.69 Å². The van der Waals surface area contributed by atoms with E-state index in [1.54, 1.807) is 34.9 Å². The van der Waals surface area contributed by atoms with Crippen molar-refractivity contribution in [1.29, 1.82) is 0 Å². The number of aromatic nitrogens is 2. The summed E-state index contributed by atoms with van der Waals surface area (Å²) in [5.74, 6) is -0.143. The Morgan fingerprint density at radius 1 is 1.25 bits per heavy atom. The van der Waals surface area contributed by atoms with Crippen LogP contribution in [0.4, 0.5) is 10.1 Å². The van der Waals surface area contributed by atoms with E-state index in [1.165, 1.54) is 6.07 Å². The number of anilines is 1. The Morgan fingerprint density at radius 2 is 2.05 bits per heavy atom. The lowest BCUT2D eigenvalue weighted by Gasteiger charge is -2.09. The number of aliphatic hydroxyl groups is 1. The molecule has 102 valence electrons. The first-order valence-electron chi connectivity index (χ1n) is 5.93. The fraction of sp³-hybridized carbons (Fsp3) is 0.0714. The summed E-state index contributed by atoms with van der Waals surface area (Å²) >= 11 is 5.76. The molecule has 0 saturated carbocycles. The number of rotatable bonds is 2. The third kappa shape index (κ3) is 2.01. The molecule has 1 heterocycles. The van der Waals surface area contributed by atoms with E-state index in [4.69, 9.17) is 17.3 Å². The molecule has 2 aromatic carbocycles. The summed E-state index contributed by atoms with van der Waals surface area (Å²) in [6.07, 6.45) is 0. The molecule has 0 amide bonds. The fourth-order valence-electron chi connectivity index (χ4n) is 2.18. The van der Waals surface area contributed by atoms with Crippen LogP contribution in [0.5, 0.6) is 0 Å². The zero-order chi connectivity index (χ0) is 14.3. The summed E-state index contributed by atoms with van der Waals surface area (Å²) in [6.45, 7) is -0.309. The van der Waals surface area contributed by atoms with Gasteiger partial charge >= 0.3 is 0 Å². The van der Waals surface area contributed by atoms with Crippen LogP contribution in [0.2, 0.25) is 5.02 Å². The second-order valence-electron chi connectivity index (χ2n) is 4.37. The van der Waals surface area contributed by atoms with E-state index >= 15 is 0 Å². The standard InChI is InChI=1S/C14H11ClFN3O/c15-8-1-3-12(10(16)5-8)19-13-4-2-9(17)6-11(13)18-14(19)7-20/h1-6,20H,7,17H2. The highest BCUT2D eigenvalue weighted by molar-refractivity contribution is 6.30. The van der Waals surface area contributed by atoms with E-state index in [0.29, 0.717) is 27.6 Å². The predicted molar refractivity (Wildman–Crippen MR) is 76.4 cm³/mol. The number of nitrogen functional groups attached to an aromatic ring is 1.